The Labute approximate surface area is 102 Å². The second kappa shape index (κ2) is 5.61. The Kier molecular flexibility index (Phi) is 4.95. The fraction of sp³-hybridized carbons (Fsp3) is 1.00. The van der Waals surface area contributed by atoms with Crippen molar-refractivity contribution in [2.75, 3.05) is 13.1 Å². The van der Waals surface area contributed by atoms with Crippen LogP contribution in [0.1, 0.15) is 26.7 Å². The maximum absolute atomic E-state index is 12.3. The molecular weight excluding hydrogens is 234 g/mol. The Balaban J connectivity index is 0.00000128. The normalized spacial score (nSPS) is 40.3. The lowest BCUT2D eigenvalue weighted by atomic mass is 9.79. The van der Waals surface area contributed by atoms with Crippen molar-refractivity contribution in [1.82, 2.24) is 10.2 Å². The Hall–Kier alpha value is 0.0700. The van der Waals surface area contributed by atoms with E-state index in [9.17, 15) is 8.78 Å². The summed E-state index contributed by atoms with van der Waals surface area (Å²) in [4.78, 5) is 2.38. The van der Waals surface area contributed by atoms with Gasteiger partial charge in [0.25, 0.3) is 0 Å². The van der Waals surface area contributed by atoms with Crippen LogP contribution in [0.4, 0.5) is 8.78 Å². The van der Waals surface area contributed by atoms with Gasteiger partial charge in [0.05, 0.1) is 0 Å². The number of hydrogen-bond acceptors (Lipinski definition) is 2. The molecule has 1 aliphatic heterocycles. The molecule has 1 N–H and O–H groups in total. The van der Waals surface area contributed by atoms with Crippen molar-refractivity contribution in [3.8, 4) is 0 Å². The lowest BCUT2D eigenvalue weighted by molar-refractivity contribution is -0.0332. The predicted octanol–water partition coefficient (Wildman–Crippen LogP) is 2.13. The van der Waals surface area contributed by atoms with Crippen molar-refractivity contribution in [3.63, 3.8) is 0 Å². The van der Waals surface area contributed by atoms with Crippen LogP contribution in [-0.4, -0.2) is 42.5 Å². The fourth-order valence-corrected chi connectivity index (χ4v) is 2.80. The Morgan fingerprint density at radius 2 is 1.62 bits per heavy atom. The highest BCUT2D eigenvalue weighted by atomic mass is 35.5. The van der Waals surface area contributed by atoms with Gasteiger partial charge in [-0.05, 0) is 26.7 Å². The summed E-state index contributed by atoms with van der Waals surface area (Å²) in [7, 11) is 0. The molecule has 0 radical (unpaired) electrons. The molecule has 0 aromatic rings. The third kappa shape index (κ3) is 3.05. The first-order valence-corrected chi connectivity index (χ1v) is 5.84. The van der Waals surface area contributed by atoms with E-state index in [-0.39, 0.29) is 18.3 Å². The predicted molar refractivity (Wildman–Crippen MR) is 63.4 cm³/mol. The van der Waals surface area contributed by atoms with Gasteiger partial charge in [-0.2, -0.15) is 0 Å². The number of piperazine rings is 1. The second-order valence-corrected chi connectivity index (χ2v) is 5.14. The van der Waals surface area contributed by atoms with Gasteiger partial charge >= 0.3 is 0 Å². The van der Waals surface area contributed by atoms with Crippen LogP contribution >= 0.6 is 12.4 Å². The minimum Gasteiger partial charge on any atom is -0.309 e. The molecular formula is C11H21ClF2N2. The van der Waals surface area contributed by atoms with Gasteiger partial charge in [0.15, 0.2) is 0 Å². The van der Waals surface area contributed by atoms with E-state index in [1.807, 2.05) is 0 Å². The first-order valence-electron chi connectivity index (χ1n) is 5.84. The van der Waals surface area contributed by atoms with Crippen molar-refractivity contribution in [3.05, 3.63) is 0 Å². The number of nitrogens with zero attached hydrogens (tertiary/aromatic N) is 1. The van der Waals surface area contributed by atoms with Crippen LogP contribution in [0.15, 0.2) is 0 Å². The summed E-state index contributed by atoms with van der Waals surface area (Å²) in [5.74, 6) is -0.338. The highest BCUT2D eigenvalue weighted by Gasteiger charge is 2.40. The van der Waals surface area contributed by atoms with E-state index in [1.165, 1.54) is 0 Å². The Morgan fingerprint density at radius 1 is 1.12 bits per heavy atom. The van der Waals surface area contributed by atoms with Crippen LogP contribution in [0.25, 0.3) is 0 Å². The molecule has 16 heavy (non-hydrogen) atoms. The van der Waals surface area contributed by atoms with Gasteiger partial charge in [0.2, 0.25) is 6.43 Å². The lowest BCUT2D eigenvalue weighted by Gasteiger charge is -2.47. The fourth-order valence-electron chi connectivity index (χ4n) is 2.80. The molecule has 2 aliphatic rings. The standard InChI is InChI=1S/C11H20F2N2.ClH/c1-7-5-15(6-8(2)14-7)10-3-9(4-10)11(12)13;/h7-11,14H,3-6H2,1-2H3;1H. The van der Waals surface area contributed by atoms with Crippen LogP contribution in [0.2, 0.25) is 0 Å². The van der Waals surface area contributed by atoms with Gasteiger partial charge in [-0.25, -0.2) is 8.78 Å². The van der Waals surface area contributed by atoms with Gasteiger partial charge in [0, 0.05) is 37.1 Å². The van der Waals surface area contributed by atoms with E-state index in [4.69, 9.17) is 0 Å². The number of halogens is 3. The molecule has 0 aromatic carbocycles. The number of hydrogen-bond donors (Lipinski definition) is 1. The summed E-state index contributed by atoms with van der Waals surface area (Å²) >= 11 is 0. The van der Waals surface area contributed by atoms with Crippen molar-refractivity contribution in [2.24, 2.45) is 5.92 Å². The van der Waals surface area contributed by atoms with Crippen molar-refractivity contribution in [1.29, 1.82) is 0 Å². The third-order valence-corrected chi connectivity index (χ3v) is 3.61. The summed E-state index contributed by atoms with van der Waals surface area (Å²) in [5, 5.41) is 3.46. The summed E-state index contributed by atoms with van der Waals surface area (Å²) < 4.78 is 24.7. The summed E-state index contributed by atoms with van der Waals surface area (Å²) in [6.07, 6.45) is -0.729. The zero-order valence-corrected chi connectivity index (χ0v) is 10.6. The Bertz CT molecular complexity index is 212. The second-order valence-electron chi connectivity index (χ2n) is 5.14. The van der Waals surface area contributed by atoms with Gasteiger partial charge in [-0.1, -0.05) is 0 Å². The van der Waals surface area contributed by atoms with E-state index in [1.54, 1.807) is 0 Å². The third-order valence-electron chi connectivity index (χ3n) is 3.61. The molecule has 0 aromatic heterocycles. The van der Waals surface area contributed by atoms with Crippen LogP contribution < -0.4 is 5.32 Å². The molecule has 1 aliphatic carbocycles. The first-order chi connectivity index (χ1) is 7.06. The maximum atomic E-state index is 12.3. The monoisotopic (exact) mass is 254 g/mol. The molecule has 0 bridgehead atoms. The number of rotatable bonds is 2. The molecule has 1 saturated carbocycles. The van der Waals surface area contributed by atoms with Crippen molar-refractivity contribution < 1.29 is 8.78 Å². The van der Waals surface area contributed by atoms with Gasteiger partial charge in [-0.15, -0.1) is 12.4 Å². The number of alkyl halides is 2. The first kappa shape index (κ1) is 14.1. The topological polar surface area (TPSA) is 15.3 Å². The minimum absolute atomic E-state index is 0. The average molecular weight is 255 g/mol. The highest BCUT2D eigenvalue weighted by molar-refractivity contribution is 5.85. The van der Waals surface area contributed by atoms with Gasteiger partial charge in [-0.3, -0.25) is 4.90 Å². The summed E-state index contributed by atoms with van der Waals surface area (Å²) in [6, 6.07) is 1.38. The van der Waals surface area contributed by atoms with Crippen LogP contribution in [0.5, 0.6) is 0 Å². The molecule has 2 fully saturated rings. The van der Waals surface area contributed by atoms with Crippen molar-refractivity contribution >= 4 is 12.4 Å². The molecule has 5 heteroatoms. The van der Waals surface area contributed by atoms with E-state index in [0.29, 0.717) is 31.0 Å². The largest absolute Gasteiger partial charge is 0.309 e. The molecule has 0 spiro atoms. The maximum Gasteiger partial charge on any atom is 0.241 e. The van der Waals surface area contributed by atoms with Crippen LogP contribution in [-0.2, 0) is 0 Å². The van der Waals surface area contributed by atoms with Crippen molar-refractivity contribution in [2.45, 2.75) is 51.2 Å². The SMILES string of the molecule is CC1CN(C2CC(C(F)F)C2)CC(C)N1.Cl. The molecule has 2 atom stereocenters. The van der Waals surface area contributed by atoms with E-state index in [2.05, 4.69) is 24.1 Å². The van der Waals surface area contributed by atoms with E-state index in [0.717, 1.165) is 13.1 Å². The summed E-state index contributed by atoms with van der Waals surface area (Å²) in [6.45, 7) is 6.33. The smallest absolute Gasteiger partial charge is 0.241 e. The Morgan fingerprint density at radius 3 is 2.06 bits per heavy atom. The van der Waals surface area contributed by atoms with E-state index < -0.39 is 6.43 Å². The van der Waals surface area contributed by atoms with Crippen LogP contribution in [0.3, 0.4) is 0 Å². The molecule has 2 rings (SSSR count). The molecule has 2 unspecified atom stereocenters. The van der Waals surface area contributed by atoms with E-state index >= 15 is 0 Å². The molecule has 96 valence electrons. The molecule has 2 nitrogen and oxygen atoms in total. The molecule has 1 heterocycles. The van der Waals surface area contributed by atoms with Crippen LogP contribution in [0, 0.1) is 5.92 Å². The molecule has 0 amide bonds. The highest BCUT2D eigenvalue weighted by Crippen LogP contribution is 2.36. The average Bonchev–Trinajstić information content (AvgIpc) is 1.97. The number of nitrogens with one attached hydrogen (secondary N) is 1. The van der Waals surface area contributed by atoms with Gasteiger partial charge < -0.3 is 5.32 Å². The lowest BCUT2D eigenvalue weighted by Crippen LogP contribution is -2.59. The summed E-state index contributed by atoms with van der Waals surface area (Å²) in [5.41, 5.74) is 0. The van der Waals surface area contributed by atoms with Gasteiger partial charge in [0.1, 0.15) is 0 Å². The zero-order chi connectivity index (χ0) is 11.0. The zero-order valence-electron chi connectivity index (χ0n) is 9.83. The molecule has 1 saturated heterocycles. The minimum atomic E-state index is -2.11. The quantitative estimate of drug-likeness (QED) is 0.812.